The summed E-state index contributed by atoms with van der Waals surface area (Å²) in [5.41, 5.74) is 0.00773. The van der Waals surface area contributed by atoms with Crippen LogP contribution in [0.3, 0.4) is 0 Å². The average Bonchev–Trinajstić information content (AvgIpc) is 3.24. The maximum Gasteiger partial charge on any atom is 0.0615 e. The molecule has 0 bridgehead atoms. The lowest BCUT2D eigenvalue weighted by Crippen LogP contribution is -2.51. The van der Waals surface area contributed by atoms with E-state index >= 15 is 0 Å². The van der Waals surface area contributed by atoms with Crippen molar-refractivity contribution in [1.82, 2.24) is 15.1 Å². The second-order valence-corrected chi connectivity index (χ2v) is 7.53. The molecule has 4 heteroatoms. The summed E-state index contributed by atoms with van der Waals surface area (Å²) in [7, 11) is 2.02. The fourth-order valence-corrected chi connectivity index (χ4v) is 4.38. The molecule has 1 heterocycles. The average molecular weight is 295 g/mol. The van der Waals surface area contributed by atoms with Crippen molar-refractivity contribution in [2.45, 2.75) is 44.1 Å². The van der Waals surface area contributed by atoms with Gasteiger partial charge < -0.3 is 20.2 Å². The van der Waals surface area contributed by atoms with Crippen molar-refractivity contribution in [1.29, 1.82) is 0 Å². The van der Waals surface area contributed by atoms with E-state index in [1.54, 1.807) is 0 Å². The Morgan fingerprint density at radius 2 is 1.81 bits per heavy atom. The van der Waals surface area contributed by atoms with Gasteiger partial charge in [0.2, 0.25) is 0 Å². The fraction of sp³-hybridized carbons (Fsp3) is 1.00. The molecule has 3 rings (SSSR count). The zero-order chi connectivity index (χ0) is 14.7. The largest absolute Gasteiger partial charge is 0.394 e. The van der Waals surface area contributed by atoms with Crippen LogP contribution in [0.4, 0.5) is 0 Å². The lowest BCUT2D eigenvalue weighted by Gasteiger charge is -2.38. The lowest BCUT2D eigenvalue weighted by molar-refractivity contribution is 0.0974. The van der Waals surface area contributed by atoms with Gasteiger partial charge in [0.25, 0.3) is 0 Å². The second kappa shape index (κ2) is 6.95. The zero-order valence-electron chi connectivity index (χ0n) is 13.7. The number of aliphatic hydroxyl groups excluding tert-OH is 1. The molecule has 3 aliphatic rings. The summed E-state index contributed by atoms with van der Waals surface area (Å²) in [6.07, 6.45) is 7.86. The Balaban J connectivity index is 1.39. The minimum Gasteiger partial charge on any atom is -0.394 e. The topological polar surface area (TPSA) is 38.7 Å². The van der Waals surface area contributed by atoms with Gasteiger partial charge in [0.1, 0.15) is 0 Å². The van der Waals surface area contributed by atoms with Crippen molar-refractivity contribution in [3.63, 3.8) is 0 Å². The van der Waals surface area contributed by atoms with Crippen LogP contribution in [0, 0.1) is 11.8 Å². The van der Waals surface area contributed by atoms with Gasteiger partial charge in [0.15, 0.2) is 0 Å². The number of hydrogen-bond acceptors (Lipinski definition) is 4. The molecule has 122 valence electrons. The molecule has 2 saturated carbocycles. The van der Waals surface area contributed by atoms with Gasteiger partial charge in [0, 0.05) is 38.3 Å². The molecule has 0 aromatic heterocycles. The van der Waals surface area contributed by atoms with Crippen LogP contribution in [0.15, 0.2) is 0 Å². The summed E-state index contributed by atoms with van der Waals surface area (Å²) >= 11 is 0. The molecular weight excluding hydrogens is 262 g/mol. The molecule has 2 N–H and O–H groups in total. The van der Waals surface area contributed by atoms with Crippen molar-refractivity contribution in [2.24, 2.45) is 11.8 Å². The zero-order valence-corrected chi connectivity index (χ0v) is 13.7. The van der Waals surface area contributed by atoms with Gasteiger partial charge in [-0.3, -0.25) is 0 Å². The number of nitrogens with zero attached hydrogens (tertiary/aromatic N) is 2. The Kier molecular flexibility index (Phi) is 5.20. The molecule has 2 aliphatic carbocycles. The van der Waals surface area contributed by atoms with Gasteiger partial charge in [-0.15, -0.1) is 0 Å². The Morgan fingerprint density at radius 3 is 2.43 bits per heavy atom. The minimum atomic E-state index is 0.00773. The SMILES string of the molecule is CNC1(CO)CCCC1CCN1CCN(CC2CC2)CC1. The molecule has 1 aliphatic heterocycles. The van der Waals surface area contributed by atoms with Crippen LogP contribution in [0.2, 0.25) is 0 Å². The molecule has 0 aromatic rings. The number of likely N-dealkylation sites (N-methyl/N-ethyl adjacent to an activating group) is 1. The van der Waals surface area contributed by atoms with Gasteiger partial charge in [0.05, 0.1) is 6.61 Å². The molecule has 3 fully saturated rings. The Morgan fingerprint density at radius 1 is 1.10 bits per heavy atom. The van der Waals surface area contributed by atoms with Crippen LogP contribution in [-0.4, -0.2) is 73.4 Å². The van der Waals surface area contributed by atoms with Crippen molar-refractivity contribution < 1.29 is 5.11 Å². The highest BCUT2D eigenvalue weighted by Gasteiger charge is 2.40. The summed E-state index contributed by atoms with van der Waals surface area (Å²) in [4.78, 5) is 5.30. The third-order valence-corrected chi connectivity index (χ3v) is 6.21. The van der Waals surface area contributed by atoms with Crippen LogP contribution in [0.5, 0.6) is 0 Å². The maximum absolute atomic E-state index is 9.77. The van der Waals surface area contributed by atoms with Crippen LogP contribution < -0.4 is 5.32 Å². The Hall–Kier alpha value is -0.160. The highest BCUT2D eigenvalue weighted by atomic mass is 16.3. The van der Waals surface area contributed by atoms with E-state index in [4.69, 9.17) is 0 Å². The van der Waals surface area contributed by atoms with Crippen LogP contribution in [-0.2, 0) is 0 Å². The summed E-state index contributed by atoms with van der Waals surface area (Å²) in [6, 6.07) is 0. The fourth-order valence-electron chi connectivity index (χ4n) is 4.38. The standard InChI is InChI=1S/C17H33N3O/c1-18-17(14-21)7-2-3-16(17)6-8-19-9-11-20(12-10-19)13-15-4-5-15/h15-16,18,21H,2-14H2,1H3. The highest BCUT2D eigenvalue weighted by Crippen LogP contribution is 2.37. The van der Waals surface area contributed by atoms with E-state index in [-0.39, 0.29) is 5.54 Å². The minimum absolute atomic E-state index is 0.00773. The predicted octanol–water partition coefficient (Wildman–Crippen LogP) is 1.15. The maximum atomic E-state index is 9.77. The first-order valence-electron chi connectivity index (χ1n) is 9.00. The first-order chi connectivity index (χ1) is 10.3. The van der Waals surface area contributed by atoms with Gasteiger partial charge >= 0.3 is 0 Å². The number of aliphatic hydroxyl groups is 1. The predicted molar refractivity (Wildman–Crippen MR) is 86.4 cm³/mol. The number of rotatable bonds is 7. The first-order valence-corrected chi connectivity index (χ1v) is 9.00. The molecule has 0 aromatic carbocycles. The molecule has 0 spiro atoms. The Bertz CT molecular complexity index is 320. The second-order valence-electron chi connectivity index (χ2n) is 7.53. The quantitative estimate of drug-likeness (QED) is 0.739. The van der Waals surface area contributed by atoms with Gasteiger partial charge in [-0.05, 0) is 57.5 Å². The van der Waals surface area contributed by atoms with Crippen molar-refractivity contribution in [2.75, 3.05) is 52.9 Å². The molecule has 2 atom stereocenters. The number of nitrogens with one attached hydrogen (secondary N) is 1. The first kappa shape index (κ1) is 15.7. The van der Waals surface area contributed by atoms with Gasteiger partial charge in [-0.2, -0.15) is 0 Å². The third-order valence-electron chi connectivity index (χ3n) is 6.21. The van der Waals surface area contributed by atoms with E-state index in [1.165, 1.54) is 71.4 Å². The number of piperazine rings is 1. The summed E-state index contributed by atoms with van der Waals surface area (Å²) in [5, 5.41) is 13.2. The molecule has 2 unspecified atom stereocenters. The smallest absolute Gasteiger partial charge is 0.0615 e. The summed E-state index contributed by atoms with van der Waals surface area (Å²) in [6.45, 7) is 7.87. The van der Waals surface area contributed by atoms with Crippen molar-refractivity contribution in [3.8, 4) is 0 Å². The van der Waals surface area contributed by atoms with Gasteiger partial charge in [-0.25, -0.2) is 0 Å². The van der Waals surface area contributed by atoms with E-state index in [0.29, 0.717) is 12.5 Å². The van der Waals surface area contributed by atoms with Crippen LogP contribution in [0.1, 0.15) is 38.5 Å². The normalized spacial score (nSPS) is 35.4. The summed E-state index contributed by atoms with van der Waals surface area (Å²) < 4.78 is 0. The molecule has 0 radical (unpaired) electrons. The van der Waals surface area contributed by atoms with E-state index in [0.717, 1.165) is 12.3 Å². The lowest BCUT2D eigenvalue weighted by atomic mass is 9.85. The molecule has 1 saturated heterocycles. The van der Waals surface area contributed by atoms with Gasteiger partial charge in [-0.1, -0.05) is 6.42 Å². The van der Waals surface area contributed by atoms with E-state index < -0.39 is 0 Å². The molecule has 0 amide bonds. The Labute approximate surface area is 129 Å². The van der Waals surface area contributed by atoms with E-state index in [1.807, 2.05) is 7.05 Å². The summed E-state index contributed by atoms with van der Waals surface area (Å²) in [5.74, 6) is 1.67. The van der Waals surface area contributed by atoms with E-state index in [2.05, 4.69) is 15.1 Å². The highest BCUT2D eigenvalue weighted by molar-refractivity contribution is 4.98. The number of hydrogen-bond donors (Lipinski definition) is 2. The van der Waals surface area contributed by atoms with Crippen molar-refractivity contribution >= 4 is 0 Å². The third kappa shape index (κ3) is 3.79. The van der Waals surface area contributed by atoms with E-state index in [9.17, 15) is 5.11 Å². The molecule has 21 heavy (non-hydrogen) atoms. The van der Waals surface area contributed by atoms with Crippen LogP contribution in [0.25, 0.3) is 0 Å². The monoisotopic (exact) mass is 295 g/mol. The van der Waals surface area contributed by atoms with Crippen LogP contribution >= 0.6 is 0 Å². The molecular formula is C17H33N3O. The molecule has 4 nitrogen and oxygen atoms in total. The van der Waals surface area contributed by atoms with Crippen molar-refractivity contribution in [3.05, 3.63) is 0 Å².